The van der Waals surface area contributed by atoms with Crippen molar-refractivity contribution in [3.63, 3.8) is 0 Å². The Morgan fingerprint density at radius 2 is 2.04 bits per heavy atom. The van der Waals surface area contributed by atoms with Crippen LogP contribution in [0, 0.1) is 0 Å². The Bertz CT molecular complexity index is 696. The summed E-state index contributed by atoms with van der Waals surface area (Å²) in [7, 11) is 0. The van der Waals surface area contributed by atoms with Gasteiger partial charge in [-0.25, -0.2) is 9.97 Å². The van der Waals surface area contributed by atoms with Gasteiger partial charge in [0.25, 0.3) is 0 Å². The minimum atomic E-state index is 0.483. The van der Waals surface area contributed by atoms with Crippen molar-refractivity contribution in [2.75, 3.05) is 18.4 Å². The molecule has 5 heteroatoms. The van der Waals surface area contributed by atoms with Crippen LogP contribution in [0.1, 0.15) is 44.7 Å². The number of rotatable bonds is 5. The van der Waals surface area contributed by atoms with E-state index < -0.39 is 0 Å². The van der Waals surface area contributed by atoms with Gasteiger partial charge in [-0.2, -0.15) is 0 Å². The van der Waals surface area contributed by atoms with Gasteiger partial charge >= 0.3 is 0 Å². The van der Waals surface area contributed by atoms with Crippen molar-refractivity contribution in [1.29, 1.82) is 0 Å². The molecule has 1 N–H and O–H groups in total. The van der Waals surface area contributed by atoms with Crippen LogP contribution in [-0.4, -0.2) is 45.0 Å². The summed E-state index contributed by atoms with van der Waals surface area (Å²) < 4.78 is 0. The Kier molecular flexibility index (Phi) is 4.92. The van der Waals surface area contributed by atoms with Crippen molar-refractivity contribution < 1.29 is 0 Å². The van der Waals surface area contributed by atoms with Crippen molar-refractivity contribution in [2.24, 2.45) is 0 Å². The van der Waals surface area contributed by atoms with Crippen LogP contribution in [0.5, 0.6) is 0 Å². The van der Waals surface area contributed by atoms with Gasteiger partial charge < -0.3 is 5.32 Å². The lowest BCUT2D eigenvalue weighted by molar-refractivity contribution is 0.245. The molecule has 5 nitrogen and oxygen atoms in total. The first kappa shape index (κ1) is 16.5. The van der Waals surface area contributed by atoms with E-state index in [0.29, 0.717) is 11.9 Å². The van der Waals surface area contributed by atoms with E-state index in [4.69, 9.17) is 4.98 Å². The van der Waals surface area contributed by atoms with Crippen molar-refractivity contribution in [3.05, 3.63) is 36.2 Å². The fraction of sp³-hybridized carbons (Fsp3) is 0.550. The van der Waals surface area contributed by atoms with Crippen LogP contribution in [-0.2, 0) is 6.42 Å². The zero-order chi connectivity index (χ0) is 17.1. The van der Waals surface area contributed by atoms with Gasteiger partial charge in [0.2, 0.25) is 0 Å². The molecule has 1 aliphatic carbocycles. The van der Waals surface area contributed by atoms with Crippen LogP contribution in [0.3, 0.4) is 0 Å². The van der Waals surface area contributed by atoms with Gasteiger partial charge in [-0.05, 0) is 37.8 Å². The van der Waals surface area contributed by atoms with E-state index in [1.54, 1.807) is 6.20 Å². The Morgan fingerprint density at radius 1 is 1.16 bits per heavy atom. The normalized spacial score (nSPS) is 21.7. The number of pyridine rings is 1. The van der Waals surface area contributed by atoms with Crippen molar-refractivity contribution >= 4 is 5.82 Å². The van der Waals surface area contributed by atoms with E-state index in [9.17, 15) is 0 Å². The number of likely N-dealkylation sites (tertiary alicyclic amines) is 1. The van der Waals surface area contributed by atoms with Crippen LogP contribution in [0.25, 0.3) is 11.5 Å². The summed E-state index contributed by atoms with van der Waals surface area (Å²) in [5.41, 5.74) is 1.89. The third kappa shape index (κ3) is 3.82. The van der Waals surface area contributed by atoms with Gasteiger partial charge in [0, 0.05) is 43.1 Å². The lowest BCUT2D eigenvalue weighted by Gasteiger charge is -2.23. The highest BCUT2D eigenvalue weighted by atomic mass is 15.2. The Labute approximate surface area is 149 Å². The van der Waals surface area contributed by atoms with E-state index in [0.717, 1.165) is 36.2 Å². The SMILES string of the molecule is CCc1cc(NC2CCN(C3CCCC3)C2)nc(-c2ccccn2)n1. The second kappa shape index (κ2) is 7.48. The molecule has 1 aliphatic heterocycles. The number of nitrogens with zero attached hydrogens (tertiary/aromatic N) is 4. The molecule has 132 valence electrons. The van der Waals surface area contributed by atoms with Gasteiger partial charge in [0.15, 0.2) is 5.82 Å². The maximum Gasteiger partial charge on any atom is 0.180 e. The fourth-order valence-corrected chi connectivity index (χ4v) is 4.08. The number of hydrogen-bond acceptors (Lipinski definition) is 5. The van der Waals surface area contributed by atoms with Crippen molar-refractivity contribution in [3.8, 4) is 11.5 Å². The molecular formula is C20H27N5. The minimum Gasteiger partial charge on any atom is -0.366 e. The predicted octanol–water partition coefficient (Wildman–Crippen LogP) is 3.53. The van der Waals surface area contributed by atoms with Crippen LogP contribution >= 0.6 is 0 Å². The van der Waals surface area contributed by atoms with E-state index in [1.165, 1.54) is 38.6 Å². The monoisotopic (exact) mass is 337 g/mol. The molecule has 2 fully saturated rings. The van der Waals surface area contributed by atoms with Crippen LogP contribution < -0.4 is 5.32 Å². The van der Waals surface area contributed by atoms with Crippen molar-refractivity contribution in [2.45, 2.75) is 57.5 Å². The van der Waals surface area contributed by atoms with Crippen LogP contribution in [0.15, 0.2) is 30.5 Å². The summed E-state index contributed by atoms with van der Waals surface area (Å²) in [4.78, 5) is 16.5. The van der Waals surface area contributed by atoms with Gasteiger partial charge in [-0.1, -0.05) is 25.8 Å². The molecule has 0 aromatic carbocycles. The minimum absolute atomic E-state index is 0.483. The fourth-order valence-electron chi connectivity index (χ4n) is 4.08. The lowest BCUT2D eigenvalue weighted by Crippen LogP contribution is -2.33. The summed E-state index contributed by atoms with van der Waals surface area (Å²) in [5, 5.41) is 3.66. The van der Waals surface area contributed by atoms with E-state index in [2.05, 4.69) is 33.2 Å². The van der Waals surface area contributed by atoms with Gasteiger partial charge in [0.1, 0.15) is 11.5 Å². The molecule has 2 aromatic heterocycles. The van der Waals surface area contributed by atoms with Crippen molar-refractivity contribution in [1.82, 2.24) is 19.9 Å². The largest absolute Gasteiger partial charge is 0.366 e. The summed E-state index contributed by atoms with van der Waals surface area (Å²) >= 11 is 0. The van der Waals surface area contributed by atoms with Gasteiger partial charge in [0.05, 0.1) is 0 Å². The molecule has 1 saturated carbocycles. The van der Waals surface area contributed by atoms with E-state index in [-0.39, 0.29) is 0 Å². The summed E-state index contributed by atoms with van der Waals surface area (Å²) in [6, 6.07) is 9.25. The lowest BCUT2D eigenvalue weighted by atomic mass is 10.2. The molecule has 0 amide bonds. The molecule has 3 heterocycles. The Morgan fingerprint density at radius 3 is 2.80 bits per heavy atom. The maximum atomic E-state index is 4.73. The number of anilines is 1. The Hall–Kier alpha value is -2.01. The third-order valence-corrected chi connectivity index (χ3v) is 5.45. The first-order chi connectivity index (χ1) is 12.3. The third-order valence-electron chi connectivity index (χ3n) is 5.45. The highest BCUT2D eigenvalue weighted by Gasteiger charge is 2.30. The first-order valence-corrected chi connectivity index (χ1v) is 9.62. The molecular weight excluding hydrogens is 310 g/mol. The number of aromatic nitrogens is 3. The second-order valence-electron chi connectivity index (χ2n) is 7.20. The zero-order valence-electron chi connectivity index (χ0n) is 15.0. The molecule has 0 bridgehead atoms. The zero-order valence-corrected chi connectivity index (χ0v) is 15.0. The molecule has 2 aliphatic rings. The predicted molar refractivity (Wildman–Crippen MR) is 100 cm³/mol. The number of hydrogen-bond donors (Lipinski definition) is 1. The average molecular weight is 337 g/mol. The quantitative estimate of drug-likeness (QED) is 0.904. The molecule has 1 saturated heterocycles. The number of nitrogens with one attached hydrogen (secondary N) is 1. The standard InChI is InChI=1S/C20H27N5/c1-2-15-13-19(24-20(23-15)18-9-5-6-11-21-18)22-16-10-12-25(14-16)17-7-3-4-8-17/h5-6,9,11,13,16-17H,2-4,7-8,10,12,14H2,1H3,(H,22,23,24). The smallest absolute Gasteiger partial charge is 0.180 e. The summed E-state index contributed by atoms with van der Waals surface area (Å²) in [6.45, 7) is 4.47. The molecule has 4 rings (SSSR count). The molecule has 2 aromatic rings. The first-order valence-electron chi connectivity index (χ1n) is 9.62. The van der Waals surface area contributed by atoms with Gasteiger partial charge in [-0.3, -0.25) is 9.88 Å². The highest BCUT2D eigenvalue weighted by Crippen LogP contribution is 2.27. The highest BCUT2D eigenvalue weighted by molar-refractivity contribution is 5.53. The molecule has 0 radical (unpaired) electrons. The van der Waals surface area contributed by atoms with Crippen LogP contribution in [0.2, 0.25) is 0 Å². The summed E-state index contributed by atoms with van der Waals surface area (Å²) in [5.74, 6) is 1.65. The molecule has 0 spiro atoms. The number of aryl methyl sites for hydroxylation is 1. The molecule has 25 heavy (non-hydrogen) atoms. The molecule has 1 unspecified atom stereocenters. The average Bonchev–Trinajstić information content (AvgIpc) is 3.34. The maximum absolute atomic E-state index is 4.73. The van der Waals surface area contributed by atoms with E-state index >= 15 is 0 Å². The topological polar surface area (TPSA) is 53.9 Å². The van der Waals surface area contributed by atoms with E-state index in [1.807, 2.05) is 18.2 Å². The second-order valence-corrected chi connectivity index (χ2v) is 7.20. The van der Waals surface area contributed by atoms with Crippen LogP contribution in [0.4, 0.5) is 5.82 Å². The summed E-state index contributed by atoms with van der Waals surface area (Å²) in [6.07, 6.45) is 9.45. The van der Waals surface area contributed by atoms with Gasteiger partial charge in [-0.15, -0.1) is 0 Å². The Balaban J connectivity index is 1.48. The molecule has 1 atom stereocenters.